The third-order valence-corrected chi connectivity index (χ3v) is 3.37. The van der Waals surface area contributed by atoms with Crippen LogP contribution in [0.3, 0.4) is 0 Å². The molecule has 0 spiro atoms. The molecule has 100 valence electrons. The molecule has 0 atom stereocenters. The fourth-order valence-corrected chi connectivity index (χ4v) is 2.33. The number of piperidine rings is 1. The molecule has 0 radical (unpaired) electrons. The number of halogens is 1. The molecule has 1 heterocycles. The lowest BCUT2D eigenvalue weighted by Crippen LogP contribution is -2.41. The van der Waals surface area contributed by atoms with E-state index in [9.17, 15) is 4.79 Å². The van der Waals surface area contributed by atoms with Gasteiger partial charge in [-0.2, -0.15) is 0 Å². The first-order chi connectivity index (χ1) is 8.20. The summed E-state index contributed by atoms with van der Waals surface area (Å²) in [6.07, 6.45) is 1.94. The molecule has 0 saturated carbocycles. The van der Waals surface area contributed by atoms with E-state index < -0.39 is 0 Å². The van der Waals surface area contributed by atoms with Crippen LogP contribution >= 0.6 is 12.4 Å². The Morgan fingerprint density at radius 2 is 2.06 bits per heavy atom. The van der Waals surface area contributed by atoms with E-state index in [-0.39, 0.29) is 18.4 Å². The third kappa shape index (κ3) is 3.29. The molecule has 1 aromatic carbocycles. The van der Waals surface area contributed by atoms with Crippen molar-refractivity contribution in [2.45, 2.75) is 18.8 Å². The van der Waals surface area contributed by atoms with Gasteiger partial charge in [-0.25, -0.2) is 4.79 Å². The molecule has 2 amide bonds. The summed E-state index contributed by atoms with van der Waals surface area (Å²) in [6.45, 7) is 1.49. The summed E-state index contributed by atoms with van der Waals surface area (Å²) in [6, 6.07) is 7.84. The lowest BCUT2D eigenvalue weighted by molar-refractivity contribution is 0.190. The van der Waals surface area contributed by atoms with Gasteiger partial charge in [-0.05, 0) is 36.5 Å². The summed E-state index contributed by atoms with van der Waals surface area (Å²) in [7, 11) is 1.68. The predicted molar refractivity (Wildman–Crippen MR) is 73.4 cm³/mol. The summed E-state index contributed by atoms with van der Waals surface area (Å²) < 4.78 is 5.22. The molecule has 18 heavy (non-hydrogen) atoms. The number of likely N-dealkylation sites (tertiary alicyclic amines) is 1. The van der Waals surface area contributed by atoms with Crippen LogP contribution in [0.1, 0.15) is 24.3 Å². The Morgan fingerprint density at radius 3 is 2.61 bits per heavy atom. The van der Waals surface area contributed by atoms with Gasteiger partial charge >= 0.3 is 6.03 Å². The minimum atomic E-state index is -0.311. The number of nitrogens with two attached hydrogens (primary N) is 1. The van der Waals surface area contributed by atoms with Crippen molar-refractivity contribution in [1.29, 1.82) is 0 Å². The third-order valence-electron chi connectivity index (χ3n) is 3.37. The van der Waals surface area contributed by atoms with E-state index in [1.807, 2.05) is 12.1 Å². The number of rotatable bonds is 2. The molecule has 0 bridgehead atoms. The Hall–Kier alpha value is -1.42. The van der Waals surface area contributed by atoms with Gasteiger partial charge in [-0.1, -0.05) is 12.1 Å². The van der Waals surface area contributed by atoms with Crippen molar-refractivity contribution < 1.29 is 9.53 Å². The van der Waals surface area contributed by atoms with Gasteiger partial charge in [0.1, 0.15) is 5.75 Å². The fraction of sp³-hybridized carbons (Fsp3) is 0.462. The van der Waals surface area contributed by atoms with Crippen LogP contribution in [0.15, 0.2) is 24.3 Å². The fourth-order valence-electron chi connectivity index (χ4n) is 2.33. The van der Waals surface area contributed by atoms with Gasteiger partial charge in [0.15, 0.2) is 0 Å². The van der Waals surface area contributed by atoms with Gasteiger partial charge in [0.05, 0.1) is 7.11 Å². The number of methoxy groups -OCH3 is 1. The van der Waals surface area contributed by atoms with Crippen LogP contribution in [-0.2, 0) is 0 Å². The Kier molecular flexibility index (Phi) is 5.28. The summed E-state index contributed by atoms with van der Waals surface area (Å²) >= 11 is 0. The first-order valence-electron chi connectivity index (χ1n) is 5.89. The number of nitrogens with zero attached hydrogens (tertiary/aromatic N) is 1. The van der Waals surface area contributed by atoms with Gasteiger partial charge in [-0.15, -0.1) is 12.4 Å². The minimum Gasteiger partial charge on any atom is -0.497 e. The number of hydrogen-bond acceptors (Lipinski definition) is 2. The summed E-state index contributed by atoms with van der Waals surface area (Å²) in [5, 5.41) is 0. The number of amides is 2. The SMILES string of the molecule is COc1cccc(C2CCN(C(N)=O)CC2)c1.Cl. The first-order valence-corrected chi connectivity index (χ1v) is 5.89. The highest BCUT2D eigenvalue weighted by Crippen LogP contribution is 2.29. The summed E-state index contributed by atoms with van der Waals surface area (Å²) in [5.74, 6) is 1.39. The molecular weight excluding hydrogens is 252 g/mol. The second-order valence-electron chi connectivity index (χ2n) is 4.38. The van der Waals surface area contributed by atoms with Crippen molar-refractivity contribution in [3.05, 3.63) is 29.8 Å². The van der Waals surface area contributed by atoms with Crippen molar-refractivity contribution in [3.63, 3.8) is 0 Å². The molecule has 2 N–H and O–H groups in total. The highest BCUT2D eigenvalue weighted by atomic mass is 35.5. The minimum absolute atomic E-state index is 0. The molecule has 0 aliphatic carbocycles. The number of carbonyl (C=O) groups is 1. The van der Waals surface area contributed by atoms with E-state index in [0.717, 1.165) is 31.7 Å². The molecule has 2 rings (SSSR count). The molecule has 5 heteroatoms. The topological polar surface area (TPSA) is 55.6 Å². The smallest absolute Gasteiger partial charge is 0.314 e. The van der Waals surface area contributed by atoms with Crippen LogP contribution in [0.2, 0.25) is 0 Å². The van der Waals surface area contributed by atoms with E-state index in [4.69, 9.17) is 10.5 Å². The van der Waals surface area contributed by atoms with Gasteiger partial charge in [-0.3, -0.25) is 0 Å². The quantitative estimate of drug-likeness (QED) is 0.897. The van der Waals surface area contributed by atoms with Gasteiger partial charge in [0.25, 0.3) is 0 Å². The van der Waals surface area contributed by atoms with Crippen LogP contribution in [0.4, 0.5) is 4.79 Å². The lowest BCUT2D eigenvalue weighted by atomic mass is 9.89. The van der Waals surface area contributed by atoms with Crippen LogP contribution in [0.25, 0.3) is 0 Å². The highest BCUT2D eigenvalue weighted by Gasteiger charge is 2.22. The zero-order valence-corrected chi connectivity index (χ0v) is 11.3. The highest BCUT2D eigenvalue weighted by molar-refractivity contribution is 5.85. The van der Waals surface area contributed by atoms with Crippen LogP contribution < -0.4 is 10.5 Å². The van der Waals surface area contributed by atoms with Crippen LogP contribution in [0.5, 0.6) is 5.75 Å². The van der Waals surface area contributed by atoms with Crippen molar-refractivity contribution in [2.75, 3.05) is 20.2 Å². The monoisotopic (exact) mass is 270 g/mol. The second-order valence-corrected chi connectivity index (χ2v) is 4.38. The number of urea groups is 1. The maximum Gasteiger partial charge on any atom is 0.314 e. The van der Waals surface area contributed by atoms with Crippen LogP contribution in [0, 0.1) is 0 Å². The molecule has 1 aliphatic heterocycles. The van der Waals surface area contributed by atoms with Gasteiger partial charge < -0.3 is 15.4 Å². The van der Waals surface area contributed by atoms with E-state index in [1.165, 1.54) is 5.56 Å². The van der Waals surface area contributed by atoms with E-state index in [2.05, 4.69) is 12.1 Å². The number of benzene rings is 1. The van der Waals surface area contributed by atoms with E-state index in [0.29, 0.717) is 5.92 Å². The maximum atomic E-state index is 11.0. The second kappa shape index (κ2) is 6.50. The number of carbonyl (C=O) groups excluding carboxylic acids is 1. The molecule has 1 fully saturated rings. The molecular formula is C13H19ClN2O2. The molecule has 1 saturated heterocycles. The zero-order valence-electron chi connectivity index (χ0n) is 10.5. The van der Waals surface area contributed by atoms with Gasteiger partial charge in [0.2, 0.25) is 0 Å². The van der Waals surface area contributed by atoms with Crippen LogP contribution in [-0.4, -0.2) is 31.1 Å². The molecule has 1 aromatic rings. The molecule has 0 aromatic heterocycles. The van der Waals surface area contributed by atoms with Crippen molar-refractivity contribution >= 4 is 18.4 Å². The standard InChI is InChI=1S/C13H18N2O2.ClH/c1-17-12-4-2-3-11(9-12)10-5-7-15(8-6-10)13(14)16;/h2-4,9-10H,5-8H2,1H3,(H2,14,16);1H. The average molecular weight is 271 g/mol. The maximum absolute atomic E-state index is 11.0. The average Bonchev–Trinajstić information content (AvgIpc) is 2.39. The molecule has 0 unspecified atom stereocenters. The van der Waals surface area contributed by atoms with E-state index >= 15 is 0 Å². The number of hydrogen-bond donors (Lipinski definition) is 1. The molecule has 4 nitrogen and oxygen atoms in total. The van der Waals surface area contributed by atoms with Crippen molar-refractivity contribution in [2.24, 2.45) is 5.73 Å². The van der Waals surface area contributed by atoms with Crippen molar-refractivity contribution in [1.82, 2.24) is 4.90 Å². The summed E-state index contributed by atoms with van der Waals surface area (Å²) in [4.78, 5) is 12.7. The predicted octanol–water partition coefficient (Wildman–Crippen LogP) is 2.38. The van der Waals surface area contributed by atoms with Crippen molar-refractivity contribution in [3.8, 4) is 5.75 Å². The largest absolute Gasteiger partial charge is 0.497 e. The normalized spacial score (nSPS) is 15.9. The van der Waals surface area contributed by atoms with Gasteiger partial charge in [0, 0.05) is 13.1 Å². The Labute approximate surface area is 114 Å². The lowest BCUT2D eigenvalue weighted by Gasteiger charge is -2.31. The number of ether oxygens (including phenoxy) is 1. The Balaban J connectivity index is 0.00000162. The number of primary amides is 1. The zero-order chi connectivity index (χ0) is 12.3. The summed E-state index contributed by atoms with van der Waals surface area (Å²) in [5.41, 5.74) is 6.55. The first kappa shape index (κ1) is 14.6. The van der Waals surface area contributed by atoms with E-state index in [1.54, 1.807) is 12.0 Å². The Bertz CT molecular complexity index is 404. The Morgan fingerprint density at radius 1 is 1.39 bits per heavy atom. The molecule has 1 aliphatic rings.